The van der Waals surface area contributed by atoms with Crippen LogP contribution in [-0.2, 0) is 6.54 Å². The average Bonchev–Trinajstić information content (AvgIpc) is 2.46. The van der Waals surface area contributed by atoms with E-state index < -0.39 is 0 Å². The first-order valence-corrected chi connectivity index (χ1v) is 7.23. The van der Waals surface area contributed by atoms with Crippen LogP contribution in [0.2, 0.25) is 0 Å². The van der Waals surface area contributed by atoms with E-state index in [0.29, 0.717) is 12.4 Å². The Morgan fingerprint density at radius 2 is 1.76 bits per heavy atom. The molecule has 1 N–H and O–H groups in total. The minimum absolute atomic E-state index is 0.0425. The Bertz CT molecular complexity index is 546. The second kappa shape index (κ2) is 6.68. The normalized spacial score (nSPS) is 13.0. The maximum Gasteiger partial charge on any atom is 0.233 e. The average molecular weight is 285 g/mol. The molecule has 0 aliphatic carbocycles. The summed E-state index contributed by atoms with van der Waals surface area (Å²) >= 11 is 0. The second-order valence-electron chi connectivity index (χ2n) is 6.14. The topological polar surface area (TPSA) is 47.0 Å². The molecule has 0 aliphatic heterocycles. The lowest BCUT2D eigenvalue weighted by molar-refractivity contribution is 0.214. The molecule has 0 spiro atoms. The summed E-state index contributed by atoms with van der Waals surface area (Å²) < 4.78 is 5.81. The first-order chi connectivity index (χ1) is 9.94. The molecule has 0 amide bonds. The van der Waals surface area contributed by atoms with E-state index in [0.717, 1.165) is 11.3 Å². The summed E-state index contributed by atoms with van der Waals surface area (Å²) in [6, 6.07) is 13.9. The predicted octanol–water partition coefficient (Wildman–Crippen LogP) is 3.50. The van der Waals surface area contributed by atoms with Gasteiger partial charge in [-0.25, -0.2) is 0 Å². The van der Waals surface area contributed by atoms with Gasteiger partial charge in [0, 0.05) is 18.2 Å². The fraction of sp³-hybridized carbons (Fsp3) is 0.412. The monoisotopic (exact) mass is 285 g/mol. The molecule has 2 aromatic rings. The van der Waals surface area contributed by atoms with Gasteiger partial charge in [-0.1, -0.05) is 30.3 Å². The van der Waals surface area contributed by atoms with Gasteiger partial charge in [0.1, 0.15) is 6.10 Å². The number of hydrogen-bond donors (Lipinski definition) is 1. The molecule has 112 valence electrons. The van der Waals surface area contributed by atoms with E-state index >= 15 is 0 Å². The smallest absolute Gasteiger partial charge is 0.233 e. The maximum absolute atomic E-state index is 5.81. The summed E-state index contributed by atoms with van der Waals surface area (Å²) in [6.45, 7) is 9.08. The molecule has 1 heterocycles. The second-order valence-corrected chi connectivity index (χ2v) is 6.14. The number of nitrogens with zero attached hydrogens (tertiary/aromatic N) is 2. The Hall–Kier alpha value is -1.94. The first-order valence-electron chi connectivity index (χ1n) is 7.23. The van der Waals surface area contributed by atoms with Gasteiger partial charge in [-0.15, -0.1) is 5.10 Å². The Morgan fingerprint density at radius 3 is 2.33 bits per heavy atom. The van der Waals surface area contributed by atoms with E-state index in [4.69, 9.17) is 4.74 Å². The van der Waals surface area contributed by atoms with E-state index in [1.165, 1.54) is 0 Å². The van der Waals surface area contributed by atoms with Crippen molar-refractivity contribution in [3.8, 4) is 5.88 Å². The van der Waals surface area contributed by atoms with Crippen LogP contribution in [0, 0.1) is 0 Å². The third-order valence-electron chi connectivity index (χ3n) is 3.06. The Kier molecular flexibility index (Phi) is 4.91. The summed E-state index contributed by atoms with van der Waals surface area (Å²) in [6.07, 6.45) is -0.0425. The highest BCUT2D eigenvalue weighted by molar-refractivity contribution is 5.19. The quantitative estimate of drug-likeness (QED) is 0.913. The molecule has 21 heavy (non-hydrogen) atoms. The maximum atomic E-state index is 5.81. The van der Waals surface area contributed by atoms with Gasteiger partial charge in [-0.2, -0.15) is 5.10 Å². The Labute approximate surface area is 126 Å². The number of rotatable bonds is 5. The van der Waals surface area contributed by atoms with Gasteiger partial charge >= 0.3 is 0 Å². The van der Waals surface area contributed by atoms with Gasteiger partial charge in [0.15, 0.2) is 0 Å². The van der Waals surface area contributed by atoms with Crippen LogP contribution in [0.3, 0.4) is 0 Å². The zero-order valence-electron chi connectivity index (χ0n) is 13.1. The fourth-order valence-electron chi connectivity index (χ4n) is 1.83. The van der Waals surface area contributed by atoms with Crippen LogP contribution in [0.1, 0.15) is 45.1 Å². The third kappa shape index (κ3) is 5.16. The lowest BCUT2D eigenvalue weighted by Crippen LogP contribution is -2.35. The van der Waals surface area contributed by atoms with Crippen molar-refractivity contribution in [2.24, 2.45) is 0 Å². The molecule has 0 aliphatic rings. The Balaban J connectivity index is 1.93. The minimum atomic E-state index is -0.0425. The summed E-state index contributed by atoms with van der Waals surface area (Å²) in [7, 11) is 0. The van der Waals surface area contributed by atoms with Crippen LogP contribution in [-0.4, -0.2) is 15.7 Å². The number of benzene rings is 1. The molecule has 0 saturated carbocycles. The third-order valence-corrected chi connectivity index (χ3v) is 3.06. The van der Waals surface area contributed by atoms with E-state index in [1.54, 1.807) is 0 Å². The molecule has 1 atom stereocenters. The first kappa shape index (κ1) is 15.4. The molecule has 0 bridgehead atoms. The number of hydrogen-bond acceptors (Lipinski definition) is 4. The fourth-order valence-corrected chi connectivity index (χ4v) is 1.83. The Morgan fingerprint density at radius 1 is 1.05 bits per heavy atom. The molecule has 0 saturated heterocycles. The van der Waals surface area contributed by atoms with Crippen LogP contribution in [0.25, 0.3) is 0 Å². The van der Waals surface area contributed by atoms with Crippen molar-refractivity contribution in [1.82, 2.24) is 15.5 Å². The molecule has 0 radical (unpaired) electrons. The molecule has 4 heteroatoms. The van der Waals surface area contributed by atoms with Crippen LogP contribution < -0.4 is 10.1 Å². The van der Waals surface area contributed by atoms with Gasteiger partial charge in [0.05, 0.1) is 5.69 Å². The van der Waals surface area contributed by atoms with Gasteiger partial charge in [-0.3, -0.25) is 0 Å². The van der Waals surface area contributed by atoms with Crippen molar-refractivity contribution in [3.05, 3.63) is 53.7 Å². The highest BCUT2D eigenvalue weighted by Gasteiger charge is 2.10. The van der Waals surface area contributed by atoms with Gasteiger partial charge < -0.3 is 10.1 Å². The minimum Gasteiger partial charge on any atom is -0.469 e. The lowest BCUT2D eigenvalue weighted by atomic mass is 10.1. The SMILES string of the molecule is CC(Oc1ccc(CNC(C)(C)C)nn1)c1ccccc1. The van der Waals surface area contributed by atoms with Crippen LogP contribution in [0.15, 0.2) is 42.5 Å². The molecule has 1 aromatic carbocycles. The van der Waals surface area contributed by atoms with Crippen molar-refractivity contribution in [2.75, 3.05) is 0 Å². The summed E-state index contributed by atoms with van der Waals surface area (Å²) in [5.74, 6) is 0.547. The van der Waals surface area contributed by atoms with Crippen molar-refractivity contribution in [2.45, 2.75) is 45.9 Å². The standard InChI is InChI=1S/C17H23N3O/c1-13(14-8-6-5-7-9-14)21-16-11-10-15(19-20-16)12-18-17(2,3)4/h5-11,13,18H,12H2,1-4H3. The predicted molar refractivity (Wildman–Crippen MR) is 84.1 cm³/mol. The molecule has 1 unspecified atom stereocenters. The molecular weight excluding hydrogens is 262 g/mol. The van der Waals surface area contributed by atoms with Gasteiger partial charge in [0.2, 0.25) is 5.88 Å². The van der Waals surface area contributed by atoms with Crippen molar-refractivity contribution < 1.29 is 4.74 Å². The van der Waals surface area contributed by atoms with E-state index in [2.05, 4.69) is 36.3 Å². The number of aromatic nitrogens is 2. The van der Waals surface area contributed by atoms with Crippen molar-refractivity contribution >= 4 is 0 Å². The van der Waals surface area contributed by atoms with Crippen molar-refractivity contribution in [3.63, 3.8) is 0 Å². The van der Waals surface area contributed by atoms with Crippen LogP contribution in [0.5, 0.6) is 5.88 Å². The highest BCUT2D eigenvalue weighted by atomic mass is 16.5. The molecule has 2 rings (SSSR count). The number of nitrogens with one attached hydrogen (secondary N) is 1. The highest BCUT2D eigenvalue weighted by Crippen LogP contribution is 2.19. The molecule has 0 fully saturated rings. The molecule has 4 nitrogen and oxygen atoms in total. The van der Waals surface area contributed by atoms with E-state index in [-0.39, 0.29) is 11.6 Å². The van der Waals surface area contributed by atoms with E-state index in [1.807, 2.05) is 49.4 Å². The summed E-state index contributed by atoms with van der Waals surface area (Å²) in [4.78, 5) is 0. The largest absolute Gasteiger partial charge is 0.469 e. The summed E-state index contributed by atoms with van der Waals surface area (Å²) in [5, 5.41) is 11.7. The van der Waals surface area contributed by atoms with Gasteiger partial charge in [-0.05, 0) is 39.3 Å². The van der Waals surface area contributed by atoms with Crippen LogP contribution in [0.4, 0.5) is 0 Å². The zero-order chi connectivity index (χ0) is 15.3. The number of ether oxygens (including phenoxy) is 1. The molecule has 1 aromatic heterocycles. The molecular formula is C17H23N3O. The van der Waals surface area contributed by atoms with Crippen molar-refractivity contribution in [1.29, 1.82) is 0 Å². The lowest BCUT2D eigenvalue weighted by Gasteiger charge is -2.20. The zero-order valence-corrected chi connectivity index (χ0v) is 13.1. The van der Waals surface area contributed by atoms with Gasteiger partial charge in [0.25, 0.3) is 0 Å². The van der Waals surface area contributed by atoms with E-state index in [9.17, 15) is 0 Å². The van der Waals surface area contributed by atoms with Crippen LogP contribution >= 0.6 is 0 Å². The summed E-state index contributed by atoms with van der Waals surface area (Å²) in [5.41, 5.74) is 2.10.